The van der Waals surface area contributed by atoms with Gasteiger partial charge in [-0.05, 0) is 25.8 Å². The van der Waals surface area contributed by atoms with E-state index in [0.29, 0.717) is 24.9 Å². The van der Waals surface area contributed by atoms with Crippen LogP contribution in [0.2, 0.25) is 0 Å². The molecule has 0 aliphatic rings. The SMILES string of the molecule is CC(C)CN(CC(C)C)C(=O)CN(C)C(C)C(=O)O. The average molecular weight is 272 g/mol. The molecule has 0 aromatic rings. The van der Waals surface area contributed by atoms with Crippen molar-refractivity contribution in [2.24, 2.45) is 11.8 Å². The number of carbonyl (C=O) groups excluding carboxylic acids is 1. The first kappa shape index (κ1) is 17.9. The van der Waals surface area contributed by atoms with Crippen LogP contribution in [0.5, 0.6) is 0 Å². The molecule has 0 fully saturated rings. The van der Waals surface area contributed by atoms with Gasteiger partial charge in [0.2, 0.25) is 5.91 Å². The van der Waals surface area contributed by atoms with Crippen molar-refractivity contribution in [1.29, 1.82) is 0 Å². The number of likely N-dealkylation sites (N-methyl/N-ethyl adjacent to an activating group) is 1. The van der Waals surface area contributed by atoms with E-state index in [1.807, 2.05) is 4.90 Å². The second-order valence-corrected chi connectivity index (χ2v) is 6.02. The largest absolute Gasteiger partial charge is 0.480 e. The van der Waals surface area contributed by atoms with E-state index in [4.69, 9.17) is 5.11 Å². The molecule has 1 atom stereocenters. The molecule has 0 aromatic carbocycles. The Kier molecular flexibility index (Phi) is 7.68. The lowest BCUT2D eigenvalue weighted by Gasteiger charge is -2.29. The van der Waals surface area contributed by atoms with E-state index in [0.717, 1.165) is 0 Å². The van der Waals surface area contributed by atoms with Gasteiger partial charge in [0.15, 0.2) is 0 Å². The van der Waals surface area contributed by atoms with Crippen molar-refractivity contribution in [3.05, 3.63) is 0 Å². The van der Waals surface area contributed by atoms with Gasteiger partial charge in [-0.1, -0.05) is 27.7 Å². The van der Waals surface area contributed by atoms with Gasteiger partial charge >= 0.3 is 5.97 Å². The standard InChI is InChI=1S/C14H28N2O3/c1-10(2)7-16(8-11(3)4)13(17)9-15(6)12(5)14(18)19/h10-12H,7-9H2,1-6H3,(H,18,19). The molecule has 0 spiro atoms. The third kappa shape index (κ3) is 7.15. The molecule has 19 heavy (non-hydrogen) atoms. The van der Waals surface area contributed by atoms with Gasteiger partial charge < -0.3 is 10.0 Å². The fourth-order valence-electron chi connectivity index (χ4n) is 1.80. The Morgan fingerprint density at radius 2 is 1.42 bits per heavy atom. The molecule has 112 valence electrons. The van der Waals surface area contributed by atoms with Crippen LogP contribution in [0, 0.1) is 11.8 Å². The minimum Gasteiger partial charge on any atom is -0.480 e. The zero-order valence-corrected chi connectivity index (χ0v) is 13.0. The lowest BCUT2D eigenvalue weighted by atomic mass is 10.1. The predicted molar refractivity (Wildman–Crippen MR) is 76.0 cm³/mol. The van der Waals surface area contributed by atoms with Crippen LogP contribution in [-0.4, -0.2) is 59.5 Å². The molecular weight excluding hydrogens is 244 g/mol. The maximum Gasteiger partial charge on any atom is 0.320 e. The van der Waals surface area contributed by atoms with E-state index in [-0.39, 0.29) is 12.5 Å². The minimum absolute atomic E-state index is 0.00185. The van der Waals surface area contributed by atoms with Gasteiger partial charge in [-0.3, -0.25) is 14.5 Å². The van der Waals surface area contributed by atoms with E-state index in [1.165, 1.54) is 0 Å². The van der Waals surface area contributed by atoms with Crippen molar-refractivity contribution in [3.8, 4) is 0 Å². The molecule has 0 aromatic heterocycles. The minimum atomic E-state index is -0.908. The molecule has 0 saturated carbocycles. The third-order valence-corrected chi connectivity index (χ3v) is 2.93. The Labute approximate surface area is 116 Å². The number of hydrogen-bond acceptors (Lipinski definition) is 3. The van der Waals surface area contributed by atoms with Gasteiger partial charge in [-0.25, -0.2) is 0 Å². The van der Waals surface area contributed by atoms with Crippen molar-refractivity contribution < 1.29 is 14.7 Å². The highest BCUT2D eigenvalue weighted by atomic mass is 16.4. The van der Waals surface area contributed by atoms with Gasteiger partial charge in [0.1, 0.15) is 6.04 Å². The van der Waals surface area contributed by atoms with Crippen LogP contribution in [0.3, 0.4) is 0 Å². The number of aliphatic carboxylic acids is 1. The Hall–Kier alpha value is -1.10. The summed E-state index contributed by atoms with van der Waals surface area (Å²) < 4.78 is 0. The second kappa shape index (κ2) is 8.15. The molecule has 0 aliphatic heterocycles. The van der Waals surface area contributed by atoms with E-state index >= 15 is 0 Å². The van der Waals surface area contributed by atoms with Crippen molar-refractivity contribution in [2.45, 2.75) is 40.7 Å². The van der Waals surface area contributed by atoms with Crippen LogP contribution in [0.15, 0.2) is 0 Å². The molecule has 0 bridgehead atoms. The monoisotopic (exact) mass is 272 g/mol. The molecule has 0 aliphatic carbocycles. The summed E-state index contributed by atoms with van der Waals surface area (Å²) in [6.07, 6.45) is 0. The zero-order chi connectivity index (χ0) is 15.2. The van der Waals surface area contributed by atoms with Crippen LogP contribution >= 0.6 is 0 Å². The van der Waals surface area contributed by atoms with E-state index in [9.17, 15) is 9.59 Å². The van der Waals surface area contributed by atoms with Crippen LogP contribution < -0.4 is 0 Å². The van der Waals surface area contributed by atoms with Crippen LogP contribution in [0.4, 0.5) is 0 Å². The number of carboxylic acid groups (broad SMARTS) is 1. The van der Waals surface area contributed by atoms with Crippen LogP contribution in [0.25, 0.3) is 0 Å². The summed E-state index contributed by atoms with van der Waals surface area (Å²) in [6.45, 7) is 11.5. The van der Waals surface area contributed by atoms with Gasteiger partial charge in [0.25, 0.3) is 0 Å². The molecule has 5 nitrogen and oxygen atoms in total. The fraction of sp³-hybridized carbons (Fsp3) is 0.857. The summed E-state index contributed by atoms with van der Waals surface area (Å²) in [4.78, 5) is 26.5. The summed E-state index contributed by atoms with van der Waals surface area (Å²) >= 11 is 0. The molecule has 0 saturated heterocycles. The van der Waals surface area contributed by atoms with Crippen molar-refractivity contribution >= 4 is 11.9 Å². The summed E-state index contributed by atoms with van der Waals surface area (Å²) in [5.74, 6) is -0.0950. The zero-order valence-electron chi connectivity index (χ0n) is 13.0. The number of carbonyl (C=O) groups is 2. The highest BCUT2D eigenvalue weighted by Gasteiger charge is 2.22. The number of nitrogens with zero attached hydrogens (tertiary/aromatic N) is 2. The van der Waals surface area contributed by atoms with Crippen molar-refractivity contribution in [3.63, 3.8) is 0 Å². The Morgan fingerprint density at radius 1 is 1.00 bits per heavy atom. The number of amides is 1. The lowest BCUT2D eigenvalue weighted by Crippen LogP contribution is -2.46. The summed E-state index contributed by atoms with van der Waals surface area (Å²) in [5.41, 5.74) is 0. The maximum atomic E-state index is 12.2. The topological polar surface area (TPSA) is 60.9 Å². The molecule has 1 unspecified atom stereocenters. The van der Waals surface area contributed by atoms with E-state index < -0.39 is 12.0 Å². The van der Waals surface area contributed by atoms with E-state index in [2.05, 4.69) is 27.7 Å². The molecule has 0 rings (SSSR count). The lowest BCUT2D eigenvalue weighted by molar-refractivity contribution is -0.143. The highest BCUT2D eigenvalue weighted by molar-refractivity contribution is 5.80. The first-order valence-corrected chi connectivity index (χ1v) is 6.86. The Balaban J connectivity index is 4.58. The van der Waals surface area contributed by atoms with Crippen molar-refractivity contribution in [1.82, 2.24) is 9.80 Å². The summed E-state index contributed by atoms with van der Waals surface area (Å²) in [5, 5.41) is 8.93. The number of rotatable bonds is 8. The molecule has 5 heteroatoms. The summed E-state index contributed by atoms with van der Waals surface area (Å²) in [6, 6.07) is -0.649. The predicted octanol–water partition coefficient (Wildman–Crippen LogP) is 1.53. The normalized spacial score (nSPS) is 13.1. The Bertz CT molecular complexity index is 293. The van der Waals surface area contributed by atoms with Crippen molar-refractivity contribution in [2.75, 3.05) is 26.7 Å². The molecule has 0 radical (unpaired) electrons. The maximum absolute atomic E-state index is 12.2. The third-order valence-electron chi connectivity index (χ3n) is 2.93. The highest BCUT2D eigenvalue weighted by Crippen LogP contribution is 2.06. The Morgan fingerprint density at radius 3 is 1.74 bits per heavy atom. The molecule has 1 amide bonds. The fourth-order valence-corrected chi connectivity index (χ4v) is 1.80. The van der Waals surface area contributed by atoms with Gasteiger partial charge in [-0.15, -0.1) is 0 Å². The van der Waals surface area contributed by atoms with Crippen LogP contribution in [-0.2, 0) is 9.59 Å². The quantitative estimate of drug-likeness (QED) is 0.728. The molecule has 1 N–H and O–H groups in total. The first-order valence-electron chi connectivity index (χ1n) is 6.86. The number of carboxylic acids is 1. The smallest absolute Gasteiger partial charge is 0.320 e. The average Bonchev–Trinajstić information content (AvgIpc) is 2.25. The summed E-state index contributed by atoms with van der Waals surface area (Å²) in [7, 11) is 1.67. The number of hydrogen-bond donors (Lipinski definition) is 1. The van der Waals surface area contributed by atoms with Crippen LogP contribution in [0.1, 0.15) is 34.6 Å². The van der Waals surface area contributed by atoms with Gasteiger partial charge in [-0.2, -0.15) is 0 Å². The van der Waals surface area contributed by atoms with E-state index in [1.54, 1.807) is 18.9 Å². The first-order chi connectivity index (χ1) is 8.65. The second-order valence-electron chi connectivity index (χ2n) is 6.02. The van der Waals surface area contributed by atoms with Gasteiger partial charge in [0, 0.05) is 13.1 Å². The van der Waals surface area contributed by atoms with Gasteiger partial charge in [0.05, 0.1) is 6.54 Å². The molecule has 0 heterocycles. The molecular formula is C14H28N2O3.